The van der Waals surface area contributed by atoms with Crippen molar-refractivity contribution in [2.75, 3.05) is 12.8 Å². The van der Waals surface area contributed by atoms with Crippen molar-refractivity contribution in [1.29, 1.82) is 0 Å². The summed E-state index contributed by atoms with van der Waals surface area (Å²) in [6, 6.07) is -1.03. The van der Waals surface area contributed by atoms with E-state index in [4.69, 9.17) is 30.4 Å². The smallest absolute Gasteiger partial charge is 0.320 e. The molecule has 0 aromatic rings. The molecule has 17 heavy (non-hydrogen) atoms. The first-order valence-corrected chi connectivity index (χ1v) is 8.84. The Morgan fingerprint density at radius 3 is 1.82 bits per heavy atom. The molecule has 0 saturated carbocycles. The van der Waals surface area contributed by atoms with Gasteiger partial charge in [-0.2, -0.15) is 0 Å². The zero-order valence-corrected chi connectivity index (χ0v) is 11.7. The Morgan fingerprint density at radius 2 is 1.65 bits per heavy atom. The SMILES string of the molecule is CP(=O)(O)CCC(N)C(=O)O.N.OP(O)(O)=S. The molecule has 10 N–H and O–H groups in total. The molecule has 0 spiro atoms. The molecule has 0 heterocycles. The van der Waals surface area contributed by atoms with Crippen molar-refractivity contribution < 1.29 is 34.0 Å². The maximum absolute atomic E-state index is 10.6. The molecular weight excluding hydrogens is 294 g/mol. The van der Waals surface area contributed by atoms with Crippen LogP contribution in [0.3, 0.4) is 0 Å². The lowest BCUT2D eigenvalue weighted by Gasteiger charge is -2.07. The molecule has 9 nitrogen and oxygen atoms in total. The molecule has 0 bridgehead atoms. The van der Waals surface area contributed by atoms with Crippen LogP contribution in [0.25, 0.3) is 0 Å². The third-order valence-electron chi connectivity index (χ3n) is 1.17. The lowest BCUT2D eigenvalue weighted by atomic mass is 10.2. The van der Waals surface area contributed by atoms with Crippen molar-refractivity contribution in [2.45, 2.75) is 12.5 Å². The summed E-state index contributed by atoms with van der Waals surface area (Å²) in [5.41, 5.74) is 5.09. The van der Waals surface area contributed by atoms with Gasteiger partial charge in [0.15, 0.2) is 7.37 Å². The van der Waals surface area contributed by atoms with E-state index < -0.39 is 26.1 Å². The molecule has 0 aromatic carbocycles. The molecule has 0 aliphatic carbocycles. The van der Waals surface area contributed by atoms with Gasteiger partial charge in [0.2, 0.25) is 0 Å². The van der Waals surface area contributed by atoms with Crippen LogP contribution in [0.2, 0.25) is 0 Å². The zero-order chi connectivity index (χ0) is 13.6. The van der Waals surface area contributed by atoms with Gasteiger partial charge in [-0.3, -0.25) is 9.36 Å². The van der Waals surface area contributed by atoms with E-state index in [0.717, 1.165) is 0 Å². The fourth-order valence-corrected chi connectivity index (χ4v) is 1.26. The van der Waals surface area contributed by atoms with E-state index in [9.17, 15) is 9.36 Å². The first kappa shape index (κ1) is 22.3. The minimum atomic E-state index is -3.81. The molecule has 0 fully saturated rings. The van der Waals surface area contributed by atoms with Gasteiger partial charge in [-0.1, -0.05) is 0 Å². The summed E-state index contributed by atoms with van der Waals surface area (Å²) < 4.78 is 10.6. The second-order valence-electron chi connectivity index (χ2n) is 3.02. The molecular formula is C5H18N2O7P2S. The van der Waals surface area contributed by atoms with Crippen molar-refractivity contribution in [3.63, 3.8) is 0 Å². The predicted molar refractivity (Wildman–Crippen MR) is 66.8 cm³/mol. The van der Waals surface area contributed by atoms with E-state index in [2.05, 4.69) is 11.8 Å². The molecule has 0 aliphatic heterocycles. The summed E-state index contributed by atoms with van der Waals surface area (Å²) in [4.78, 5) is 41.5. The molecule has 2 atom stereocenters. The maximum Gasteiger partial charge on any atom is 0.320 e. The molecule has 2 unspecified atom stereocenters. The average molecular weight is 312 g/mol. The van der Waals surface area contributed by atoms with Crippen LogP contribution in [0.15, 0.2) is 0 Å². The third kappa shape index (κ3) is 31.4. The van der Waals surface area contributed by atoms with Crippen LogP contribution in [0.5, 0.6) is 0 Å². The maximum atomic E-state index is 10.6. The van der Waals surface area contributed by atoms with Crippen molar-refractivity contribution in [1.82, 2.24) is 6.15 Å². The quantitative estimate of drug-likeness (QED) is 0.317. The summed E-state index contributed by atoms with van der Waals surface area (Å²) in [6.07, 6.45) is 0.0000772. The number of carbonyl (C=O) groups is 1. The Bertz CT molecular complexity index is 305. The largest absolute Gasteiger partial charge is 0.480 e. The summed E-state index contributed by atoms with van der Waals surface area (Å²) in [6.45, 7) is -2.62. The van der Waals surface area contributed by atoms with Gasteiger partial charge in [0, 0.05) is 12.8 Å². The highest BCUT2D eigenvalue weighted by Crippen LogP contribution is 2.35. The highest BCUT2D eigenvalue weighted by Gasteiger charge is 2.16. The van der Waals surface area contributed by atoms with Crippen molar-refractivity contribution in [3.05, 3.63) is 0 Å². The van der Waals surface area contributed by atoms with Gasteiger partial charge in [-0.05, 0) is 18.2 Å². The molecule has 0 radical (unpaired) electrons. The number of rotatable bonds is 4. The number of hydrogen-bond acceptors (Lipinski definition) is 5. The van der Waals surface area contributed by atoms with Gasteiger partial charge in [0.1, 0.15) is 6.04 Å². The Balaban J connectivity index is -0.000000280. The summed E-state index contributed by atoms with van der Waals surface area (Å²) in [7, 11) is -3.10. The van der Waals surface area contributed by atoms with Crippen LogP contribution in [0.4, 0.5) is 0 Å². The first-order valence-electron chi connectivity index (χ1n) is 3.89. The lowest BCUT2D eigenvalue weighted by Crippen LogP contribution is -2.30. The zero-order valence-electron chi connectivity index (χ0n) is 9.13. The Morgan fingerprint density at radius 1 is 1.35 bits per heavy atom. The monoisotopic (exact) mass is 312 g/mol. The van der Waals surface area contributed by atoms with Gasteiger partial charge in [-0.15, -0.1) is 0 Å². The van der Waals surface area contributed by atoms with E-state index >= 15 is 0 Å². The normalized spacial score (nSPS) is 15.6. The minimum absolute atomic E-state index is 0. The number of nitrogens with two attached hydrogens (primary N) is 1. The topological polar surface area (TPSA) is 196 Å². The fraction of sp³-hybridized carbons (Fsp3) is 0.800. The summed E-state index contributed by atoms with van der Waals surface area (Å²) >= 11 is 3.60. The summed E-state index contributed by atoms with van der Waals surface area (Å²) in [5.74, 6) is -1.14. The van der Waals surface area contributed by atoms with E-state index in [0.29, 0.717) is 0 Å². The van der Waals surface area contributed by atoms with Gasteiger partial charge in [-0.25, -0.2) is 0 Å². The van der Waals surface area contributed by atoms with Crippen LogP contribution < -0.4 is 11.9 Å². The molecule has 12 heteroatoms. The Kier molecular flexibility index (Phi) is 11.9. The van der Waals surface area contributed by atoms with Crippen LogP contribution in [-0.2, 0) is 21.2 Å². The number of carboxylic acids is 1. The third-order valence-corrected chi connectivity index (χ3v) is 2.26. The van der Waals surface area contributed by atoms with Gasteiger partial charge in [0.25, 0.3) is 0 Å². The van der Waals surface area contributed by atoms with Crippen LogP contribution in [0, 0.1) is 0 Å². The molecule has 0 aliphatic rings. The standard InChI is InChI=1S/C5H12NO4P.H3N.H3O3PS/c1-11(9,10)3-2-4(6)5(7)8;;1-4(2,3)5/h4H,2-3,6H2,1H3,(H,7,8)(H,9,10);1H3;(H3,1,2,3,5). The number of hydrogen-bond donors (Lipinski definition) is 7. The van der Waals surface area contributed by atoms with Crippen LogP contribution in [0.1, 0.15) is 6.42 Å². The van der Waals surface area contributed by atoms with E-state index in [1.807, 2.05) is 0 Å². The van der Waals surface area contributed by atoms with Gasteiger partial charge >= 0.3 is 12.7 Å². The lowest BCUT2D eigenvalue weighted by molar-refractivity contribution is -0.138. The highest BCUT2D eigenvalue weighted by atomic mass is 32.5. The predicted octanol–water partition coefficient (Wildman–Crippen LogP) is -0.962. The molecule has 0 amide bonds. The molecule has 0 aromatic heterocycles. The average Bonchev–Trinajstić information content (AvgIpc) is 1.95. The van der Waals surface area contributed by atoms with Crippen LogP contribution >= 0.6 is 14.1 Å². The summed E-state index contributed by atoms with van der Waals surface area (Å²) in [5, 5.41) is 8.28. The fourth-order valence-electron chi connectivity index (χ4n) is 0.502. The van der Waals surface area contributed by atoms with E-state index in [-0.39, 0.29) is 18.7 Å². The van der Waals surface area contributed by atoms with Crippen LogP contribution in [-0.4, -0.2) is 49.5 Å². The van der Waals surface area contributed by atoms with Crippen molar-refractivity contribution in [3.8, 4) is 0 Å². The first-order chi connectivity index (χ1) is 6.83. The highest BCUT2D eigenvalue weighted by molar-refractivity contribution is 8.06. The van der Waals surface area contributed by atoms with E-state index in [1.54, 1.807) is 0 Å². The Hall–Kier alpha value is 0.110. The van der Waals surface area contributed by atoms with E-state index in [1.165, 1.54) is 6.66 Å². The Labute approximate surface area is 104 Å². The molecule has 106 valence electrons. The minimum Gasteiger partial charge on any atom is -0.480 e. The van der Waals surface area contributed by atoms with Crippen molar-refractivity contribution >= 4 is 31.9 Å². The molecule has 0 rings (SSSR count). The number of carboxylic acid groups (broad SMARTS) is 1. The van der Waals surface area contributed by atoms with Gasteiger partial charge in [0.05, 0.1) is 0 Å². The second-order valence-corrected chi connectivity index (χ2v) is 8.07. The second kappa shape index (κ2) is 9.09. The van der Waals surface area contributed by atoms with Gasteiger partial charge < -0.3 is 36.6 Å². The number of aliphatic carboxylic acids is 1. The van der Waals surface area contributed by atoms with Crippen molar-refractivity contribution in [2.24, 2.45) is 5.73 Å². The molecule has 0 saturated heterocycles.